The molecule has 1 atom stereocenters. The molecule has 0 unspecified atom stereocenters. The number of nitrogens with zero attached hydrogens (tertiary/aromatic N) is 1. The molecule has 0 aliphatic heterocycles. The van der Waals surface area contributed by atoms with Crippen LogP contribution in [0.1, 0.15) is 51.3 Å². The van der Waals surface area contributed by atoms with Crippen LogP contribution in [0.4, 0.5) is 0 Å². The topological polar surface area (TPSA) is 58.6 Å². The van der Waals surface area contributed by atoms with E-state index < -0.39 is 6.04 Å². The van der Waals surface area contributed by atoms with Crippen molar-refractivity contribution < 1.29 is 14.3 Å². The smallest absolute Gasteiger partial charge is 0.261 e. The van der Waals surface area contributed by atoms with Crippen molar-refractivity contribution in [2.45, 2.75) is 59.0 Å². The number of carbonyl (C=O) groups is 2. The van der Waals surface area contributed by atoms with Gasteiger partial charge in [-0.15, -0.1) is 0 Å². The molecule has 0 saturated carbocycles. The van der Waals surface area contributed by atoms with Crippen LogP contribution in [0.3, 0.4) is 0 Å². The van der Waals surface area contributed by atoms with E-state index in [9.17, 15) is 9.59 Å². The second-order valence-electron chi connectivity index (χ2n) is 11.3. The summed E-state index contributed by atoms with van der Waals surface area (Å²) in [5.41, 5.74) is 2.82. The summed E-state index contributed by atoms with van der Waals surface area (Å²) in [5.74, 6) is 0.275. The van der Waals surface area contributed by atoms with Crippen molar-refractivity contribution in [3.05, 3.63) is 97.9 Å². The Balaban J connectivity index is 1.93. The van der Waals surface area contributed by atoms with Gasteiger partial charge in [0.2, 0.25) is 5.91 Å². The molecule has 0 aliphatic rings. The second-order valence-corrected chi connectivity index (χ2v) is 13.0. The van der Waals surface area contributed by atoms with Crippen LogP contribution in [0.25, 0.3) is 0 Å². The second kappa shape index (κ2) is 14.4. The van der Waals surface area contributed by atoms with Gasteiger partial charge in [-0.1, -0.05) is 100 Å². The van der Waals surface area contributed by atoms with Crippen LogP contribution in [0.15, 0.2) is 71.2 Å². The molecule has 0 heterocycles. The fourth-order valence-corrected chi connectivity index (χ4v) is 4.93. The molecule has 0 bridgehead atoms. The molecule has 8 heteroatoms. The fraction of sp³-hybridized carbons (Fsp3) is 0.375. The molecule has 40 heavy (non-hydrogen) atoms. The van der Waals surface area contributed by atoms with Crippen molar-refractivity contribution in [3.8, 4) is 5.75 Å². The minimum absolute atomic E-state index is 0.0263. The number of hydrogen-bond acceptors (Lipinski definition) is 3. The van der Waals surface area contributed by atoms with Gasteiger partial charge in [0, 0.05) is 19.5 Å². The Kier molecular flexibility index (Phi) is 11.5. The number of nitrogens with one attached hydrogen (secondary N) is 1. The maximum absolute atomic E-state index is 13.8. The number of ether oxygens (including phenoxy) is 1. The van der Waals surface area contributed by atoms with Crippen LogP contribution in [-0.2, 0) is 28.0 Å². The third-order valence-corrected chi connectivity index (χ3v) is 7.80. The zero-order valence-corrected chi connectivity index (χ0v) is 26.7. The number of rotatable bonds is 11. The van der Waals surface area contributed by atoms with E-state index >= 15 is 0 Å². The predicted molar refractivity (Wildman–Crippen MR) is 167 cm³/mol. The van der Waals surface area contributed by atoms with Gasteiger partial charge in [0.15, 0.2) is 6.61 Å². The van der Waals surface area contributed by atoms with E-state index in [1.165, 1.54) is 0 Å². The van der Waals surface area contributed by atoms with Gasteiger partial charge in [-0.3, -0.25) is 9.59 Å². The first kappa shape index (κ1) is 32.0. The summed E-state index contributed by atoms with van der Waals surface area (Å²) in [6.07, 6.45) is 0.349. The van der Waals surface area contributed by atoms with E-state index in [2.05, 4.69) is 42.0 Å². The van der Waals surface area contributed by atoms with Gasteiger partial charge in [-0.05, 0) is 68.2 Å². The highest BCUT2D eigenvalue weighted by molar-refractivity contribution is 9.10. The minimum Gasteiger partial charge on any atom is -0.483 e. The van der Waals surface area contributed by atoms with E-state index in [1.807, 2.05) is 68.4 Å². The molecule has 0 spiro atoms. The number of benzene rings is 3. The fourth-order valence-electron chi connectivity index (χ4n) is 4.12. The first-order valence-electron chi connectivity index (χ1n) is 13.3. The molecule has 5 nitrogen and oxygen atoms in total. The lowest BCUT2D eigenvalue weighted by Gasteiger charge is -2.32. The highest BCUT2D eigenvalue weighted by Crippen LogP contribution is 2.32. The first-order chi connectivity index (χ1) is 18.8. The highest BCUT2D eigenvalue weighted by Gasteiger charge is 2.31. The van der Waals surface area contributed by atoms with Crippen molar-refractivity contribution in [2.75, 3.05) is 13.2 Å². The van der Waals surface area contributed by atoms with Gasteiger partial charge in [0.1, 0.15) is 11.8 Å². The van der Waals surface area contributed by atoms with Crippen molar-refractivity contribution in [3.63, 3.8) is 0 Å². The molecule has 0 radical (unpaired) electrons. The van der Waals surface area contributed by atoms with E-state index in [1.54, 1.807) is 17.0 Å². The standard InChI is InChI=1S/C32H37BrCl2N2O3/c1-21(2)18-36-31(39)28(16-22-9-7-6-8-10-22)37(19-23-11-13-26(34)27(35)15-23)30(38)20-40-29-14-12-24(17-25(29)33)32(3,4)5/h6-15,17,21,28H,16,18-20H2,1-5H3,(H,36,39)/t28-/m0/s1. The van der Waals surface area contributed by atoms with E-state index in [0.29, 0.717) is 28.8 Å². The normalized spacial score (nSPS) is 12.2. The number of hydrogen-bond donors (Lipinski definition) is 1. The maximum atomic E-state index is 13.8. The van der Waals surface area contributed by atoms with Gasteiger partial charge < -0.3 is 15.0 Å². The monoisotopic (exact) mass is 646 g/mol. The molecule has 1 N–H and O–H groups in total. The SMILES string of the molecule is CC(C)CNC(=O)[C@H](Cc1ccccc1)N(Cc1ccc(Cl)c(Cl)c1)C(=O)COc1ccc(C(C)(C)C)cc1Br. The van der Waals surface area contributed by atoms with Crippen LogP contribution >= 0.6 is 39.1 Å². The molecule has 3 aromatic rings. The average molecular weight is 648 g/mol. The third kappa shape index (κ3) is 9.25. The Morgan fingerprint density at radius 1 is 0.950 bits per heavy atom. The van der Waals surface area contributed by atoms with Crippen LogP contribution in [0, 0.1) is 5.92 Å². The molecular weight excluding hydrogens is 611 g/mol. The van der Waals surface area contributed by atoms with Gasteiger partial charge in [-0.25, -0.2) is 0 Å². The lowest BCUT2D eigenvalue weighted by Crippen LogP contribution is -2.52. The Bertz CT molecular complexity index is 1310. The average Bonchev–Trinajstić information content (AvgIpc) is 2.90. The van der Waals surface area contributed by atoms with Crippen LogP contribution in [0.5, 0.6) is 5.75 Å². The number of halogens is 3. The summed E-state index contributed by atoms with van der Waals surface area (Å²) in [4.78, 5) is 29.0. The summed E-state index contributed by atoms with van der Waals surface area (Å²) >= 11 is 16.0. The summed E-state index contributed by atoms with van der Waals surface area (Å²) < 4.78 is 6.75. The van der Waals surface area contributed by atoms with Crippen molar-refractivity contribution >= 4 is 50.9 Å². The largest absolute Gasteiger partial charge is 0.483 e. The molecular formula is C32H37BrCl2N2O3. The summed E-state index contributed by atoms with van der Waals surface area (Å²) in [6, 6.07) is 20.0. The molecule has 0 aromatic heterocycles. The van der Waals surface area contributed by atoms with Gasteiger partial charge in [-0.2, -0.15) is 0 Å². The molecule has 3 aromatic carbocycles. The zero-order valence-electron chi connectivity index (χ0n) is 23.6. The summed E-state index contributed by atoms with van der Waals surface area (Å²) in [6.45, 7) is 10.9. The lowest BCUT2D eigenvalue weighted by atomic mass is 9.87. The Labute approximate surface area is 256 Å². The van der Waals surface area contributed by atoms with Crippen molar-refractivity contribution in [1.29, 1.82) is 0 Å². The molecule has 2 amide bonds. The molecule has 214 valence electrons. The summed E-state index contributed by atoms with van der Waals surface area (Å²) in [7, 11) is 0. The summed E-state index contributed by atoms with van der Waals surface area (Å²) in [5, 5.41) is 3.82. The zero-order chi connectivity index (χ0) is 29.4. The Morgan fingerprint density at radius 2 is 1.65 bits per heavy atom. The lowest BCUT2D eigenvalue weighted by molar-refractivity contribution is -0.142. The third-order valence-electron chi connectivity index (χ3n) is 6.44. The molecule has 3 rings (SSSR count). The highest BCUT2D eigenvalue weighted by atomic mass is 79.9. The van der Waals surface area contributed by atoms with Crippen molar-refractivity contribution in [1.82, 2.24) is 10.2 Å². The number of amides is 2. The minimum atomic E-state index is -0.765. The molecule has 0 aliphatic carbocycles. The Hall–Kier alpha value is -2.54. The maximum Gasteiger partial charge on any atom is 0.261 e. The van der Waals surface area contributed by atoms with Crippen LogP contribution in [0.2, 0.25) is 10.0 Å². The van der Waals surface area contributed by atoms with Gasteiger partial charge in [0.25, 0.3) is 5.91 Å². The number of carbonyl (C=O) groups excluding carboxylic acids is 2. The van der Waals surface area contributed by atoms with Crippen molar-refractivity contribution in [2.24, 2.45) is 5.92 Å². The van der Waals surface area contributed by atoms with E-state index in [-0.39, 0.29) is 36.3 Å². The van der Waals surface area contributed by atoms with Gasteiger partial charge in [0.05, 0.1) is 14.5 Å². The predicted octanol–water partition coefficient (Wildman–Crippen LogP) is 7.84. The Morgan fingerprint density at radius 3 is 2.25 bits per heavy atom. The molecule has 0 saturated heterocycles. The van der Waals surface area contributed by atoms with E-state index in [0.717, 1.165) is 21.2 Å². The molecule has 0 fully saturated rings. The first-order valence-corrected chi connectivity index (χ1v) is 14.9. The van der Waals surface area contributed by atoms with Gasteiger partial charge >= 0.3 is 0 Å². The van der Waals surface area contributed by atoms with Crippen LogP contribution in [-0.4, -0.2) is 35.9 Å². The van der Waals surface area contributed by atoms with Crippen LogP contribution < -0.4 is 10.1 Å². The van der Waals surface area contributed by atoms with E-state index in [4.69, 9.17) is 27.9 Å². The quantitative estimate of drug-likeness (QED) is 0.231.